The third-order valence-electron chi connectivity index (χ3n) is 9.34. The monoisotopic (exact) mass is 686 g/mol. The van der Waals surface area contributed by atoms with Gasteiger partial charge in [-0.05, 0) is 37.6 Å². The van der Waals surface area contributed by atoms with E-state index in [4.69, 9.17) is 0 Å². The van der Waals surface area contributed by atoms with E-state index in [0.717, 1.165) is 5.54 Å². The molecule has 42 heavy (non-hydrogen) atoms. The van der Waals surface area contributed by atoms with Gasteiger partial charge in [0, 0.05) is 22.6 Å². The Labute approximate surface area is 281 Å². The number of para-hydroxylation sites is 1. The van der Waals surface area contributed by atoms with Crippen LogP contribution in [0.1, 0.15) is 76.4 Å². The molecule has 0 saturated heterocycles. The summed E-state index contributed by atoms with van der Waals surface area (Å²) in [4.78, 5) is 0. The molecule has 2 bridgehead atoms. The molecule has 1 aromatic heterocycles. The first-order valence-corrected chi connectivity index (χ1v) is 19.3. The summed E-state index contributed by atoms with van der Waals surface area (Å²) in [5.74, 6) is 0. The molecule has 2 aliphatic heterocycles. The minimum atomic E-state index is -1.19. The molecule has 3 aromatic carbocycles. The summed E-state index contributed by atoms with van der Waals surface area (Å²) in [6, 6.07) is 29.1. The zero-order valence-electron chi connectivity index (χ0n) is 25.6. The van der Waals surface area contributed by atoms with Gasteiger partial charge >= 0.3 is 143 Å². The average molecular weight is 689 g/mol. The van der Waals surface area contributed by atoms with Crippen LogP contribution >= 0.6 is 0 Å². The van der Waals surface area contributed by atoms with Gasteiger partial charge in [-0.2, -0.15) is 0 Å². The van der Waals surface area contributed by atoms with Gasteiger partial charge in [-0.25, -0.2) is 0 Å². The molecule has 2 unspecified atom stereocenters. The summed E-state index contributed by atoms with van der Waals surface area (Å²) in [6.07, 6.45) is 6.12. The van der Waals surface area contributed by atoms with Gasteiger partial charge in [-0.15, -0.1) is 0 Å². The minimum Gasteiger partial charge on any atom is -1.00 e. The van der Waals surface area contributed by atoms with Gasteiger partial charge in [0.15, 0.2) is 0 Å². The van der Waals surface area contributed by atoms with Crippen molar-refractivity contribution in [3.05, 3.63) is 124 Å². The average Bonchev–Trinajstić information content (AvgIpc) is 3.60. The van der Waals surface area contributed by atoms with Crippen molar-refractivity contribution >= 4 is 19.3 Å². The Morgan fingerprint density at radius 3 is 2.17 bits per heavy atom. The Balaban J connectivity index is 0.000000185. The van der Waals surface area contributed by atoms with Gasteiger partial charge in [0.05, 0.1) is 8.07 Å². The van der Waals surface area contributed by atoms with E-state index in [2.05, 4.69) is 130 Å². The van der Waals surface area contributed by atoms with Crippen LogP contribution in [0.4, 0.5) is 0 Å². The zero-order chi connectivity index (χ0) is 28.2. The van der Waals surface area contributed by atoms with Crippen LogP contribution < -0.4 is 24.8 Å². The van der Waals surface area contributed by atoms with Crippen LogP contribution in [0, 0.1) is 6.92 Å². The van der Waals surface area contributed by atoms with E-state index in [9.17, 15) is 0 Å². The Morgan fingerprint density at radius 2 is 1.52 bits per heavy atom. The van der Waals surface area contributed by atoms with Crippen molar-refractivity contribution in [3.8, 4) is 16.8 Å². The van der Waals surface area contributed by atoms with Crippen molar-refractivity contribution in [1.29, 1.82) is 0 Å². The predicted molar refractivity (Wildman–Crippen MR) is 170 cm³/mol. The van der Waals surface area contributed by atoms with Crippen LogP contribution in [0.15, 0.2) is 90.0 Å². The molecule has 5 heteroatoms. The fourth-order valence-electron chi connectivity index (χ4n) is 7.46. The number of hydrogen-bond donors (Lipinski definition) is 0. The van der Waals surface area contributed by atoms with E-state index in [1.54, 1.807) is 46.7 Å². The number of halogens is 2. The van der Waals surface area contributed by atoms with Crippen LogP contribution in [0.25, 0.3) is 28.1 Å². The number of benzene rings is 3. The number of nitrogens with zero attached hydrogens (tertiary/aromatic N) is 1. The molecule has 0 saturated carbocycles. The van der Waals surface area contributed by atoms with Crippen molar-refractivity contribution in [3.63, 3.8) is 0 Å². The fourth-order valence-corrected chi connectivity index (χ4v) is 12.6. The van der Waals surface area contributed by atoms with Crippen LogP contribution in [0.3, 0.4) is 0 Å². The number of aryl methyl sites for hydroxylation is 2. The maximum atomic E-state index is 2.52. The zero-order valence-corrected chi connectivity index (χ0v) is 30.5. The van der Waals surface area contributed by atoms with Crippen molar-refractivity contribution in [2.24, 2.45) is 0 Å². The van der Waals surface area contributed by atoms with Crippen molar-refractivity contribution in [2.75, 3.05) is 0 Å². The topological polar surface area (TPSA) is 4.93 Å². The van der Waals surface area contributed by atoms with Gasteiger partial charge in [-0.1, -0.05) is 42.1 Å². The molecule has 3 heterocycles. The van der Waals surface area contributed by atoms with Crippen LogP contribution in [-0.2, 0) is 31.1 Å². The van der Waals surface area contributed by atoms with Crippen LogP contribution in [-0.4, -0.2) is 12.6 Å². The fraction of sp³-hybridized carbons (Fsp3) is 0.297. The smallest absolute Gasteiger partial charge is 1.00 e. The molecule has 4 aromatic rings. The molecule has 2 atom stereocenters. The van der Waals surface area contributed by atoms with E-state index < -0.39 is 8.07 Å². The van der Waals surface area contributed by atoms with Gasteiger partial charge < -0.3 is 29.4 Å². The quantitative estimate of drug-likeness (QED) is 0.278. The third-order valence-corrected chi connectivity index (χ3v) is 15.3. The molecule has 0 N–H and O–H groups in total. The number of unbranched alkanes of at least 4 members (excludes halogenated alkanes) is 1. The maximum absolute atomic E-state index is 2.52. The largest absolute Gasteiger partial charge is 1.00 e. The first-order valence-electron chi connectivity index (χ1n) is 14.8. The Bertz CT molecular complexity index is 1650. The Morgan fingerprint density at radius 1 is 0.833 bits per heavy atom. The normalized spacial score (nSPS) is 18.5. The molecule has 215 valence electrons. The molecule has 8 rings (SSSR count). The van der Waals surface area contributed by atoms with Gasteiger partial charge in [0.25, 0.3) is 0 Å². The van der Waals surface area contributed by atoms with Crippen molar-refractivity contribution in [2.45, 2.75) is 69.2 Å². The Hall–Kier alpha value is -1.90. The Kier molecular flexibility index (Phi) is 10.2. The number of allylic oxidation sites excluding steroid dienone is 2. The van der Waals surface area contributed by atoms with Crippen LogP contribution in [0.5, 0.6) is 0 Å². The number of rotatable bonds is 5. The molecule has 0 fully saturated rings. The molecule has 4 aliphatic rings. The second-order valence-electron chi connectivity index (χ2n) is 12.4. The molecular formula is C37H40Cl2NSiZr. The molecule has 2 aliphatic carbocycles. The van der Waals surface area contributed by atoms with Gasteiger partial charge in [0.1, 0.15) is 0 Å². The number of aromatic nitrogens is 1. The first-order chi connectivity index (χ1) is 19.2. The maximum Gasteiger partial charge on any atom is -1.00 e. The van der Waals surface area contributed by atoms with Crippen molar-refractivity contribution < 1.29 is 49.5 Å². The van der Waals surface area contributed by atoms with Gasteiger partial charge in [0.2, 0.25) is 0 Å². The SMILES string of the molecule is CC1=C2c3cc(C)n(-c4ccccc4)c3C1[Si]2(C)C.CCCCc1ccc(-c2cccc3c2C=C(C)[CH]3[Zr+2])cc1.[Cl-].[Cl-]. The number of fused-ring (bicyclic) bond motifs is 1. The van der Waals surface area contributed by atoms with E-state index in [-0.39, 0.29) is 24.8 Å². The second-order valence-corrected chi connectivity index (χ2v) is 18.3. The molecular weight excluding hydrogens is 649 g/mol. The molecule has 1 nitrogen and oxygen atoms in total. The first kappa shape index (κ1) is 33.0. The second kappa shape index (κ2) is 13.0. The van der Waals surface area contributed by atoms with E-state index in [1.807, 2.05) is 0 Å². The standard InChI is InChI=1S/C20H21.C17H19NSi.2ClH.Zr/c1-3-4-6-16-9-11-17(12-10-16)19-8-5-7-18-13-15(2)14-20(18)19;1-11-10-14-15(17-12(2)16(14)19(17,3)4)18(11)13-8-6-5-7-9-13;;;/h5,7-14H,3-4,6H2,1-2H3;5-10,17H,1-4H3;2*1H;/q;;;;+2/p-2. The molecule has 0 radical (unpaired) electrons. The van der Waals surface area contributed by atoms with Gasteiger partial charge in [-0.3, -0.25) is 0 Å². The van der Waals surface area contributed by atoms with E-state index >= 15 is 0 Å². The summed E-state index contributed by atoms with van der Waals surface area (Å²) >= 11 is 1.59. The number of hydrogen-bond acceptors (Lipinski definition) is 0. The van der Waals surface area contributed by atoms with Crippen molar-refractivity contribution in [1.82, 2.24) is 4.57 Å². The summed E-state index contributed by atoms with van der Waals surface area (Å²) < 4.78 is 3.13. The molecule has 0 amide bonds. The minimum absolute atomic E-state index is 0. The van der Waals surface area contributed by atoms with Crippen LogP contribution in [0.2, 0.25) is 13.1 Å². The van der Waals surface area contributed by atoms with E-state index in [1.165, 1.54) is 64.0 Å². The summed E-state index contributed by atoms with van der Waals surface area (Å²) in [5.41, 5.74) is 16.9. The summed E-state index contributed by atoms with van der Waals surface area (Å²) in [7, 11) is -1.19. The summed E-state index contributed by atoms with van der Waals surface area (Å²) in [6.45, 7) is 14.1. The predicted octanol–water partition coefficient (Wildman–Crippen LogP) is 4.17. The molecule has 0 spiro atoms. The summed E-state index contributed by atoms with van der Waals surface area (Å²) in [5, 5.41) is 1.73. The third kappa shape index (κ3) is 5.45. The van der Waals surface area contributed by atoms with E-state index in [0.29, 0.717) is 3.63 Å².